The molecular weight excluding hydrogens is 276 g/mol. The maximum Gasteiger partial charge on any atom is 0.330 e. The molecule has 2 unspecified atom stereocenters. The van der Waals surface area contributed by atoms with E-state index < -0.39 is 5.97 Å². The van der Waals surface area contributed by atoms with Gasteiger partial charge in [0.05, 0.1) is 6.61 Å². The molecule has 0 aromatic rings. The molecule has 1 rings (SSSR count). The Morgan fingerprint density at radius 2 is 1.76 bits per heavy atom. The Balaban J connectivity index is 2.29. The van der Waals surface area contributed by atoms with Gasteiger partial charge in [0.15, 0.2) is 0 Å². The summed E-state index contributed by atoms with van der Waals surface area (Å²) >= 11 is 0. The molecule has 1 aliphatic carbocycles. The first-order valence-electron chi connectivity index (χ1n) is 7.19. The van der Waals surface area contributed by atoms with Crippen molar-refractivity contribution in [3.8, 4) is 0 Å². The van der Waals surface area contributed by atoms with Crippen LogP contribution < -0.4 is 0 Å². The summed E-state index contributed by atoms with van der Waals surface area (Å²) in [5, 5.41) is 0. The Bertz CT molecular complexity index is 390. The first kappa shape index (κ1) is 17.2. The molecule has 6 heteroatoms. The van der Waals surface area contributed by atoms with Gasteiger partial charge in [-0.15, -0.1) is 0 Å². The molecule has 21 heavy (non-hydrogen) atoms. The van der Waals surface area contributed by atoms with E-state index in [1.54, 1.807) is 0 Å². The molecule has 0 bridgehead atoms. The monoisotopic (exact) mass is 298 g/mol. The molecule has 1 saturated carbocycles. The Kier molecular flexibility index (Phi) is 7.50. The molecule has 0 heterocycles. The molecule has 0 saturated heterocycles. The van der Waals surface area contributed by atoms with E-state index in [-0.39, 0.29) is 37.2 Å². The predicted octanol–water partition coefficient (Wildman–Crippen LogP) is 1.91. The summed E-state index contributed by atoms with van der Waals surface area (Å²) in [4.78, 5) is 33.6. The molecule has 0 aromatic heterocycles. The van der Waals surface area contributed by atoms with E-state index in [1.807, 2.05) is 0 Å². The lowest BCUT2D eigenvalue weighted by atomic mass is 9.94. The number of ether oxygens (including phenoxy) is 3. The summed E-state index contributed by atoms with van der Waals surface area (Å²) < 4.78 is 15.3. The van der Waals surface area contributed by atoms with Crippen molar-refractivity contribution in [1.82, 2.24) is 0 Å². The van der Waals surface area contributed by atoms with Gasteiger partial charge in [-0.25, -0.2) is 4.79 Å². The van der Waals surface area contributed by atoms with Crippen molar-refractivity contribution < 1.29 is 28.6 Å². The molecular formula is C15H22O6. The summed E-state index contributed by atoms with van der Waals surface area (Å²) in [6.45, 7) is 4.78. The minimum atomic E-state index is -0.509. The lowest BCUT2D eigenvalue weighted by Gasteiger charge is -2.30. The van der Waals surface area contributed by atoms with Crippen LogP contribution in [-0.2, 0) is 28.6 Å². The predicted molar refractivity (Wildman–Crippen MR) is 74.3 cm³/mol. The third-order valence-electron chi connectivity index (χ3n) is 3.18. The topological polar surface area (TPSA) is 78.9 Å². The highest BCUT2D eigenvalue weighted by Crippen LogP contribution is 2.24. The maximum absolute atomic E-state index is 11.7. The summed E-state index contributed by atoms with van der Waals surface area (Å²) in [7, 11) is 0. The second kappa shape index (κ2) is 9.15. The highest BCUT2D eigenvalue weighted by Gasteiger charge is 2.30. The zero-order chi connectivity index (χ0) is 15.7. The van der Waals surface area contributed by atoms with Crippen LogP contribution in [0.2, 0.25) is 0 Å². The van der Waals surface area contributed by atoms with Crippen LogP contribution >= 0.6 is 0 Å². The van der Waals surface area contributed by atoms with Crippen molar-refractivity contribution in [2.24, 2.45) is 0 Å². The van der Waals surface area contributed by atoms with Gasteiger partial charge < -0.3 is 14.2 Å². The normalized spacial score (nSPS) is 21.2. The molecule has 1 aliphatic rings. The molecule has 0 amide bonds. The van der Waals surface area contributed by atoms with Gasteiger partial charge >= 0.3 is 17.9 Å². The number of hydrogen-bond donors (Lipinski definition) is 0. The second-order valence-corrected chi connectivity index (χ2v) is 4.94. The van der Waals surface area contributed by atoms with Crippen molar-refractivity contribution in [2.45, 2.75) is 57.7 Å². The van der Waals surface area contributed by atoms with E-state index in [9.17, 15) is 14.4 Å². The molecule has 0 spiro atoms. The summed E-state index contributed by atoms with van der Waals surface area (Å²) in [6, 6.07) is 0. The van der Waals surface area contributed by atoms with Gasteiger partial charge in [-0.2, -0.15) is 0 Å². The maximum atomic E-state index is 11.7. The summed E-state index contributed by atoms with van der Waals surface area (Å²) in [5.41, 5.74) is 0. The molecule has 0 aliphatic heterocycles. The first-order chi connectivity index (χ1) is 10.0. The number of carbonyl (C=O) groups excluding carboxylic acids is 3. The molecule has 0 radical (unpaired) electrons. The van der Waals surface area contributed by atoms with Crippen molar-refractivity contribution in [2.75, 3.05) is 6.61 Å². The Hall–Kier alpha value is -1.85. The van der Waals surface area contributed by atoms with Crippen molar-refractivity contribution in [3.05, 3.63) is 12.7 Å². The number of esters is 3. The zero-order valence-corrected chi connectivity index (χ0v) is 12.3. The fourth-order valence-electron chi connectivity index (χ4n) is 2.22. The van der Waals surface area contributed by atoms with Crippen LogP contribution in [0.4, 0.5) is 0 Å². The van der Waals surface area contributed by atoms with Gasteiger partial charge in [-0.3, -0.25) is 9.59 Å². The highest BCUT2D eigenvalue weighted by atomic mass is 16.6. The quantitative estimate of drug-likeness (QED) is 0.309. The number of hydrogen-bond acceptors (Lipinski definition) is 6. The fourth-order valence-corrected chi connectivity index (χ4v) is 2.22. The van der Waals surface area contributed by atoms with E-state index in [0.717, 1.165) is 18.9 Å². The number of rotatable bonds is 7. The minimum Gasteiger partial charge on any atom is -0.463 e. The third-order valence-corrected chi connectivity index (χ3v) is 3.18. The van der Waals surface area contributed by atoms with Crippen LogP contribution in [0.15, 0.2) is 12.7 Å². The lowest BCUT2D eigenvalue weighted by Crippen LogP contribution is -2.37. The smallest absolute Gasteiger partial charge is 0.330 e. The Labute approximate surface area is 124 Å². The van der Waals surface area contributed by atoms with Crippen molar-refractivity contribution in [1.29, 1.82) is 0 Å². The Morgan fingerprint density at radius 3 is 2.33 bits per heavy atom. The van der Waals surface area contributed by atoms with Crippen LogP contribution in [0.3, 0.4) is 0 Å². The molecule has 1 fully saturated rings. The van der Waals surface area contributed by atoms with Gasteiger partial charge in [0.25, 0.3) is 0 Å². The standard InChI is InChI=1S/C15H22O6/c1-3-14(17)19-10-6-9-15(18)21-13-8-5-4-7-12(13)20-11(2)16/h3,12-13H,1,4-10H2,2H3. The van der Waals surface area contributed by atoms with Gasteiger partial charge in [0, 0.05) is 19.4 Å². The SMILES string of the molecule is C=CC(=O)OCCCC(=O)OC1CCCCC1OC(C)=O. The van der Waals surface area contributed by atoms with E-state index in [4.69, 9.17) is 14.2 Å². The minimum absolute atomic E-state index is 0.151. The largest absolute Gasteiger partial charge is 0.463 e. The summed E-state index contributed by atoms with van der Waals surface area (Å²) in [6.07, 6.45) is 4.24. The van der Waals surface area contributed by atoms with Crippen molar-refractivity contribution in [3.63, 3.8) is 0 Å². The first-order valence-corrected chi connectivity index (χ1v) is 7.19. The van der Waals surface area contributed by atoms with E-state index in [2.05, 4.69) is 6.58 Å². The highest BCUT2D eigenvalue weighted by molar-refractivity contribution is 5.81. The zero-order valence-electron chi connectivity index (χ0n) is 12.3. The van der Waals surface area contributed by atoms with Crippen LogP contribution in [0.1, 0.15) is 45.4 Å². The van der Waals surface area contributed by atoms with Gasteiger partial charge in [-0.05, 0) is 32.1 Å². The van der Waals surface area contributed by atoms with E-state index in [0.29, 0.717) is 19.3 Å². The molecule has 0 aromatic carbocycles. The third kappa shape index (κ3) is 6.92. The average Bonchev–Trinajstić information content (AvgIpc) is 2.45. The molecule has 6 nitrogen and oxygen atoms in total. The van der Waals surface area contributed by atoms with Crippen molar-refractivity contribution >= 4 is 17.9 Å². The summed E-state index contributed by atoms with van der Waals surface area (Å²) in [5.74, 6) is -1.24. The fraction of sp³-hybridized carbons (Fsp3) is 0.667. The molecule has 2 atom stereocenters. The number of carbonyl (C=O) groups is 3. The van der Waals surface area contributed by atoms with E-state index >= 15 is 0 Å². The lowest BCUT2D eigenvalue weighted by molar-refractivity contribution is -0.170. The average molecular weight is 298 g/mol. The molecule has 0 N–H and O–H groups in total. The van der Waals surface area contributed by atoms with Crippen LogP contribution in [0, 0.1) is 0 Å². The molecule has 118 valence electrons. The van der Waals surface area contributed by atoms with Gasteiger partial charge in [-0.1, -0.05) is 6.58 Å². The van der Waals surface area contributed by atoms with Gasteiger partial charge in [0.2, 0.25) is 0 Å². The van der Waals surface area contributed by atoms with Crippen LogP contribution in [0.25, 0.3) is 0 Å². The second-order valence-electron chi connectivity index (χ2n) is 4.94. The Morgan fingerprint density at radius 1 is 1.14 bits per heavy atom. The van der Waals surface area contributed by atoms with Crippen LogP contribution in [-0.4, -0.2) is 36.7 Å². The van der Waals surface area contributed by atoms with E-state index in [1.165, 1.54) is 6.92 Å². The van der Waals surface area contributed by atoms with Crippen LogP contribution in [0.5, 0.6) is 0 Å². The van der Waals surface area contributed by atoms with Gasteiger partial charge in [0.1, 0.15) is 12.2 Å².